The summed E-state index contributed by atoms with van der Waals surface area (Å²) < 4.78 is 5.26. The Hall–Kier alpha value is -2.04. The molecule has 1 aromatic carbocycles. The van der Waals surface area contributed by atoms with E-state index in [1.807, 2.05) is 19.1 Å². The summed E-state index contributed by atoms with van der Waals surface area (Å²) in [6.07, 6.45) is 0.0353. The van der Waals surface area contributed by atoms with Crippen LogP contribution in [-0.2, 0) is 9.59 Å². The first-order valence-corrected chi connectivity index (χ1v) is 6.15. The van der Waals surface area contributed by atoms with E-state index in [1.54, 1.807) is 13.0 Å². The van der Waals surface area contributed by atoms with E-state index < -0.39 is 11.9 Å². The molecule has 5 nitrogen and oxygen atoms in total. The predicted octanol–water partition coefficient (Wildman–Crippen LogP) is 1.83. The van der Waals surface area contributed by atoms with Crippen LogP contribution in [0.25, 0.3) is 0 Å². The molecule has 1 N–H and O–H groups in total. The number of nitrogens with zero attached hydrogens (tertiary/aromatic N) is 1. The van der Waals surface area contributed by atoms with Gasteiger partial charge < -0.3 is 14.7 Å². The molecule has 0 aromatic heterocycles. The number of rotatable bonds is 3. The predicted molar refractivity (Wildman–Crippen MR) is 70.4 cm³/mol. The Balaban J connectivity index is 2.44. The van der Waals surface area contributed by atoms with Crippen LogP contribution in [0.4, 0.5) is 5.69 Å². The van der Waals surface area contributed by atoms with E-state index in [0.29, 0.717) is 11.4 Å². The normalized spacial score (nSPS) is 22.7. The van der Waals surface area contributed by atoms with Gasteiger partial charge in [-0.2, -0.15) is 0 Å². The number of ether oxygens (including phenoxy) is 1. The van der Waals surface area contributed by atoms with Crippen LogP contribution in [0.1, 0.15) is 18.9 Å². The smallest absolute Gasteiger partial charge is 0.309 e. The topological polar surface area (TPSA) is 66.8 Å². The summed E-state index contributed by atoms with van der Waals surface area (Å²) in [7, 11) is 1.54. The first kappa shape index (κ1) is 13.4. The summed E-state index contributed by atoms with van der Waals surface area (Å²) in [6, 6.07) is 5.15. The lowest BCUT2D eigenvalue weighted by Gasteiger charge is -2.25. The van der Waals surface area contributed by atoms with Crippen LogP contribution >= 0.6 is 0 Å². The maximum Gasteiger partial charge on any atom is 0.309 e. The number of benzene rings is 1. The minimum atomic E-state index is -0.935. The van der Waals surface area contributed by atoms with Crippen molar-refractivity contribution in [3.8, 4) is 5.75 Å². The lowest BCUT2D eigenvalue weighted by Crippen LogP contribution is -2.35. The maximum absolute atomic E-state index is 12.1. The fourth-order valence-corrected chi connectivity index (χ4v) is 2.50. The number of hydrogen-bond donors (Lipinski definition) is 1. The van der Waals surface area contributed by atoms with Crippen LogP contribution in [0.3, 0.4) is 0 Å². The van der Waals surface area contributed by atoms with Gasteiger partial charge in [-0.15, -0.1) is 0 Å². The molecule has 0 bridgehead atoms. The Morgan fingerprint density at radius 3 is 2.68 bits per heavy atom. The zero-order valence-electron chi connectivity index (χ0n) is 11.2. The van der Waals surface area contributed by atoms with Crippen molar-refractivity contribution in [3.05, 3.63) is 23.8 Å². The van der Waals surface area contributed by atoms with Gasteiger partial charge in [0, 0.05) is 12.5 Å². The van der Waals surface area contributed by atoms with E-state index in [0.717, 1.165) is 5.56 Å². The molecule has 1 aromatic rings. The van der Waals surface area contributed by atoms with E-state index in [1.165, 1.54) is 12.0 Å². The highest BCUT2D eigenvalue weighted by Gasteiger charge is 2.42. The molecule has 2 rings (SSSR count). The van der Waals surface area contributed by atoms with Crippen LogP contribution in [-0.4, -0.2) is 30.1 Å². The Kier molecular flexibility index (Phi) is 3.46. The van der Waals surface area contributed by atoms with E-state index in [2.05, 4.69) is 0 Å². The molecular weight excluding hydrogens is 246 g/mol. The lowest BCUT2D eigenvalue weighted by molar-refractivity contribution is -0.142. The molecule has 0 spiro atoms. The van der Waals surface area contributed by atoms with Gasteiger partial charge in [0.05, 0.1) is 18.7 Å². The van der Waals surface area contributed by atoms with Gasteiger partial charge in [0.15, 0.2) is 0 Å². The van der Waals surface area contributed by atoms with Crippen molar-refractivity contribution in [2.45, 2.75) is 26.3 Å². The third kappa shape index (κ3) is 2.28. The quantitative estimate of drug-likeness (QED) is 0.903. The van der Waals surface area contributed by atoms with Gasteiger partial charge in [0.2, 0.25) is 5.91 Å². The third-order valence-electron chi connectivity index (χ3n) is 3.56. The number of carboxylic acid groups (broad SMARTS) is 1. The number of aliphatic carboxylic acids is 1. The molecule has 0 radical (unpaired) electrons. The van der Waals surface area contributed by atoms with Crippen molar-refractivity contribution in [2.75, 3.05) is 12.0 Å². The van der Waals surface area contributed by atoms with E-state index >= 15 is 0 Å². The van der Waals surface area contributed by atoms with Crippen LogP contribution in [0, 0.1) is 12.8 Å². The minimum Gasteiger partial charge on any atom is -0.495 e. The van der Waals surface area contributed by atoms with Gasteiger partial charge in [-0.05, 0) is 31.5 Å². The average Bonchev–Trinajstić information content (AvgIpc) is 2.65. The number of amides is 1. The second-order valence-corrected chi connectivity index (χ2v) is 4.83. The molecule has 5 heteroatoms. The average molecular weight is 263 g/mol. The second-order valence-electron chi connectivity index (χ2n) is 4.83. The molecule has 0 aliphatic carbocycles. The fraction of sp³-hybridized carbons (Fsp3) is 0.429. The van der Waals surface area contributed by atoms with Crippen molar-refractivity contribution >= 4 is 17.6 Å². The Morgan fingerprint density at radius 2 is 2.16 bits per heavy atom. The van der Waals surface area contributed by atoms with Crippen molar-refractivity contribution in [2.24, 2.45) is 5.92 Å². The highest BCUT2D eigenvalue weighted by atomic mass is 16.5. The largest absolute Gasteiger partial charge is 0.495 e. The Bertz CT molecular complexity index is 526. The van der Waals surface area contributed by atoms with E-state index in [-0.39, 0.29) is 18.4 Å². The van der Waals surface area contributed by atoms with Crippen molar-refractivity contribution in [3.63, 3.8) is 0 Å². The van der Waals surface area contributed by atoms with Gasteiger partial charge in [-0.25, -0.2) is 0 Å². The number of carbonyl (C=O) groups is 2. The van der Waals surface area contributed by atoms with Crippen LogP contribution in [0.5, 0.6) is 5.75 Å². The fourth-order valence-electron chi connectivity index (χ4n) is 2.50. The molecule has 2 unspecified atom stereocenters. The zero-order chi connectivity index (χ0) is 14.2. The molecule has 19 heavy (non-hydrogen) atoms. The summed E-state index contributed by atoms with van der Waals surface area (Å²) in [5.41, 5.74) is 1.64. The van der Waals surface area contributed by atoms with E-state index in [9.17, 15) is 9.59 Å². The minimum absolute atomic E-state index is 0.0353. The molecule has 2 atom stereocenters. The van der Waals surface area contributed by atoms with Crippen LogP contribution in [0.15, 0.2) is 18.2 Å². The second kappa shape index (κ2) is 4.91. The Labute approximate surface area is 111 Å². The number of methoxy groups -OCH3 is 1. The molecule has 1 heterocycles. The zero-order valence-corrected chi connectivity index (χ0v) is 11.2. The summed E-state index contributed by atoms with van der Waals surface area (Å²) in [5.74, 6) is -1.20. The third-order valence-corrected chi connectivity index (χ3v) is 3.56. The summed E-state index contributed by atoms with van der Waals surface area (Å²) in [4.78, 5) is 24.8. The highest BCUT2D eigenvalue weighted by molar-refractivity contribution is 6.01. The number of carboxylic acids is 1. The van der Waals surface area contributed by atoms with Gasteiger partial charge >= 0.3 is 5.97 Å². The number of anilines is 1. The lowest BCUT2D eigenvalue weighted by atomic mass is 10.0. The first-order chi connectivity index (χ1) is 8.95. The number of hydrogen-bond acceptors (Lipinski definition) is 3. The Morgan fingerprint density at radius 1 is 1.47 bits per heavy atom. The number of carbonyl (C=O) groups excluding carboxylic acids is 1. The molecule has 102 valence electrons. The van der Waals surface area contributed by atoms with Gasteiger partial charge in [0.1, 0.15) is 5.75 Å². The van der Waals surface area contributed by atoms with Gasteiger partial charge in [-0.3, -0.25) is 9.59 Å². The molecule has 1 fully saturated rings. The first-order valence-electron chi connectivity index (χ1n) is 6.15. The van der Waals surface area contributed by atoms with Gasteiger partial charge in [-0.1, -0.05) is 6.07 Å². The standard InChI is InChI=1S/C14H17NO4/c1-8-4-5-12(19-3)11(6-8)15-9(2)10(14(17)18)7-13(15)16/h4-6,9-10H,7H2,1-3H3,(H,17,18). The van der Waals surface area contributed by atoms with Crippen molar-refractivity contribution in [1.82, 2.24) is 0 Å². The van der Waals surface area contributed by atoms with E-state index in [4.69, 9.17) is 9.84 Å². The molecule has 1 amide bonds. The SMILES string of the molecule is COc1ccc(C)cc1N1C(=O)CC(C(=O)O)C1C. The van der Waals surface area contributed by atoms with Crippen LogP contribution in [0.2, 0.25) is 0 Å². The monoisotopic (exact) mass is 263 g/mol. The van der Waals surface area contributed by atoms with Gasteiger partial charge in [0.25, 0.3) is 0 Å². The van der Waals surface area contributed by atoms with Crippen LogP contribution < -0.4 is 9.64 Å². The highest BCUT2D eigenvalue weighted by Crippen LogP contribution is 2.37. The molecular formula is C14H17NO4. The van der Waals surface area contributed by atoms with Crippen molar-refractivity contribution < 1.29 is 19.4 Å². The molecule has 1 aliphatic rings. The van der Waals surface area contributed by atoms with Crippen molar-refractivity contribution in [1.29, 1.82) is 0 Å². The summed E-state index contributed by atoms with van der Waals surface area (Å²) >= 11 is 0. The number of aryl methyl sites for hydroxylation is 1. The molecule has 0 saturated carbocycles. The molecule has 1 aliphatic heterocycles. The summed E-state index contributed by atoms with van der Waals surface area (Å²) in [6.45, 7) is 3.67. The molecule has 1 saturated heterocycles. The maximum atomic E-state index is 12.1. The summed E-state index contributed by atoms with van der Waals surface area (Å²) in [5, 5.41) is 9.14.